The van der Waals surface area contributed by atoms with Gasteiger partial charge in [0.15, 0.2) is 0 Å². The second-order valence-electron chi connectivity index (χ2n) is 4.47. The van der Waals surface area contributed by atoms with Gasteiger partial charge < -0.3 is 15.0 Å². The molecule has 5 nitrogen and oxygen atoms in total. The van der Waals surface area contributed by atoms with Crippen molar-refractivity contribution in [2.75, 3.05) is 13.2 Å². The molecule has 2 N–H and O–H groups in total. The monoisotopic (exact) mass is 250 g/mol. The molecule has 2 rings (SSSR count). The highest BCUT2D eigenvalue weighted by atomic mass is 16.5. The molecule has 0 aromatic carbocycles. The highest BCUT2D eigenvalue weighted by Gasteiger charge is 2.14. The van der Waals surface area contributed by atoms with E-state index in [1.165, 1.54) is 31.2 Å². The fourth-order valence-corrected chi connectivity index (χ4v) is 2.10. The molecule has 0 unspecified atom stereocenters. The predicted octanol–water partition coefficient (Wildman–Crippen LogP) is 1.06. The third kappa shape index (κ3) is 3.70. The van der Waals surface area contributed by atoms with Crippen LogP contribution in [0.2, 0.25) is 0 Å². The first kappa shape index (κ1) is 12.8. The molecule has 1 fully saturated rings. The maximum atomic E-state index is 11.7. The number of rotatable bonds is 5. The number of nitrogens with one attached hydrogen (secondary N) is 2. The smallest absolute Gasteiger partial charge is 0.252 e. The van der Waals surface area contributed by atoms with Gasteiger partial charge in [0.2, 0.25) is 5.56 Å². The van der Waals surface area contributed by atoms with Crippen LogP contribution in [0.1, 0.15) is 36.0 Å². The molecule has 0 radical (unpaired) electrons. The van der Waals surface area contributed by atoms with Gasteiger partial charge in [0, 0.05) is 18.8 Å². The zero-order chi connectivity index (χ0) is 12.8. The lowest BCUT2D eigenvalue weighted by atomic mass is 10.3. The third-order valence-electron chi connectivity index (χ3n) is 3.09. The lowest BCUT2D eigenvalue weighted by Crippen LogP contribution is -2.28. The van der Waals surface area contributed by atoms with Crippen LogP contribution in [0.15, 0.2) is 23.1 Å². The molecule has 1 aliphatic rings. The summed E-state index contributed by atoms with van der Waals surface area (Å²) < 4.78 is 5.64. The first-order valence-corrected chi connectivity index (χ1v) is 6.34. The molecule has 1 aromatic rings. The normalized spacial score (nSPS) is 15.8. The van der Waals surface area contributed by atoms with E-state index < -0.39 is 0 Å². The topological polar surface area (TPSA) is 71.2 Å². The van der Waals surface area contributed by atoms with E-state index in [2.05, 4.69) is 10.3 Å². The van der Waals surface area contributed by atoms with Crippen LogP contribution in [-0.2, 0) is 4.74 Å². The number of pyridine rings is 1. The highest BCUT2D eigenvalue weighted by Crippen LogP contribution is 2.20. The van der Waals surface area contributed by atoms with Gasteiger partial charge in [0.25, 0.3) is 5.91 Å². The molecule has 0 bridgehead atoms. The van der Waals surface area contributed by atoms with Crippen LogP contribution in [0, 0.1) is 0 Å². The summed E-state index contributed by atoms with van der Waals surface area (Å²) in [6.07, 6.45) is 6.54. The SMILES string of the molecule is O=C(NCCOC1CCCC1)c1ccc(=O)[nH]c1. The number of hydrogen-bond donors (Lipinski definition) is 2. The van der Waals surface area contributed by atoms with Crippen LogP contribution in [0.4, 0.5) is 0 Å². The average Bonchev–Trinajstić information content (AvgIpc) is 2.88. The molecule has 1 saturated carbocycles. The minimum atomic E-state index is -0.212. The molecular weight excluding hydrogens is 232 g/mol. The van der Waals surface area contributed by atoms with Crippen LogP contribution < -0.4 is 10.9 Å². The van der Waals surface area contributed by atoms with Gasteiger partial charge >= 0.3 is 0 Å². The van der Waals surface area contributed by atoms with Gasteiger partial charge in [-0.05, 0) is 18.9 Å². The lowest BCUT2D eigenvalue weighted by molar-refractivity contribution is 0.0582. The van der Waals surface area contributed by atoms with Crippen molar-refractivity contribution in [3.63, 3.8) is 0 Å². The van der Waals surface area contributed by atoms with Crippen molar-refractivity contribution >= 4 is 5.91 Å². The Hall–Kier alpha value is -1.62. The van der Waals surface area contributed by atoms with Crippen LogP contribution >= 0.6 is 0 Å². The number of ether oxygens (including phenoxy) is 1. The van der Waals surface area contributed by atoms with Gasteiger partial charge in [-0.2, -0.15) is 0 Å². The number of aromatic amines is 1. The van der Waals surface area contributed by atoms with E-state index in [0.29, 0.717) is 24.8 Å². The maximum absolute atomic E-state index is 11.7. The zero-order valence-corrected chi connectivity index (χ0v) is 10.3. The van der Waals surface area contributed by atoms with Crippen molar-refractivity contribution in [2.24, 2.45) is 0 Å². The molecule has 0 saturated heterocycles. The van der Waals surface area contributed by atoms with Crippen molar-refractivity contribution in [3.05, 3.63) is 34.2 Å². The van der Waals surface area contributed by atoms with Crippen LogP contribution in [0.25, 0.3) is 0 Å². The maximum Gasteiger partial charge on any atom is 0.252 e. The molecular formula is C13H18N2O3. The Labute approximate surface area is 106 Å². The van der Waals surface area contributed by atoms with Crippen molar-refractivity contribution < 1.29 is 9.53 Å². The summed E-state index contributed by atoms with van der Waals surface area (Å²) in [5.74, 6) is -0.193. The van der Waals surface area contributed by atoms with E-state index in [9.17, 15) is 9.59 Å². The van der Waals surface area contributed by atoms with Gasteiger partial charge in [-0.15, -0.1) is 0 Å². The summed E-state index contributed by atoms with van der Waals surface area (Å²) in [5, 5.41) is 2.76. The van der Waals surface area contributed by atoms with Gasteiger partial charge in [-0.3, -0.25) is 9.59 Å². The molecule has 0 aliphatic heterocycles. The Kier molecular flexibility index (Phi) is 4.52. The molecule has 0 atom stereocenters. The van der Waals surface area contributed by atoms with E-state index in [1.807, 2.05) is 0 Å². The summed E-state index contributed by atoms with van der Waals surface area (Å²) in [6, 6.07) is 2.84. The van der Waals surface area contributed by atoms with Crippen LogP contribution in [0.3, 0.4) is 0 Å². The standard InChI is InChI=1S/C13H18N2O3/c16-12-6-5-10(9-15-12)13(17)14-7-8-18-11-3-1-2-4-11/h5-6,9,11H,1-4,7-8H2,(H,14,17)(H,15,16). The van der Waals surface area contributed by atoms with E-state index in [0.717, 1.165) is 12.8 Å². The van der Waals surface area contributed by atoms with Crippen molar-refractivity contribution in [1.82, 2.24) is 10.3 Å². The lowest BCUT2D eigenvalue weighted by Gasteiger charge is -2.11. The van der Waals surface area contributed by atoms with E-state index in [-0.39, 0.29) is 11.5 Å². The van der Waals surface area contributed by atoms with Crippen molar-refractivity contribution in [1.29, 1.82) is 0 Å². The van der Waals surface area contributed by atoms with E-state index in [4.69, 9.17) is 4.74 Å². The Bertz CT molecular complexity index is 429. The van der Waals surface area contributed by atoms with E-state index >= 15 is 0 Å². The Morgan fingerprint density at radius 1 is 1.39 bits per heavy atom. The van der Waals surface area contributed by atoms with Gasteiger partial charge in [0.05, 0.1) is 18.3 Å². The summed E-state index contributed by atoms with van der Waals surface area (Å²) in [6.45, 7) is 1.04. The molecule has 1 aliphatic carbocycles. The second kappa shape index (κ2) is 6.35. The average molecular weight is 250 g/mol. The minimum Gasteiger partial charge on any atom is -0.376 e. The molecule has 1 amide bonds. The molecule has 5 heteroatoms. The quantitative estimate of drug-likeness (QED) is 0.768. The van der Waals surface area contributed by atoms with Gasteiger partial charge in [-0.25, -0.2) is 0 Å². The summed E-state index contributed by atoms with van der Waals surface area (Å²) in [4.78, 5) is 25.0. The molecule has 18 heavy (non-hydrogen) atoms. The largest absolute Gasteiger partial charge is 0.376 e. The zero-order valence-electron chi connectivity index (χ0n) is 10.3. The van der Waals surface area contributed by atoms with E-state index in [1.54, 1.807) is 0 Å². The number of carbonyl (C=O) groups excluding carboxylic acids is 1. The van der Waals surface area contributed by atoms with Gasteiger partial charge in [-0.1, -0.05) is 12.8 Å². The van der Waals surface area contributed by atoms with Crippen molar-refractivity contribution in [3.8, 4) is 0 Å². The third-order valence-corrected chi connectivity index (χ3v) is 3.09. The molecule has 98 valence electrons. The Morgan fingerprint density at radius 3 is 2.83 bits per heavy atom. The number of H-pyrrole nitrogens is 1. The summed E-state index contributed by atoms with van der Waals surface area (Å²) >= 11 is 0. The fraction of sp³-hybridized carbons (Fsp3) is 0.538. The number of hydrogen-bond acceptors (Lipinski definition) is 3. The highest BCUT2D eigenvalue weighted by molar-refractivity contribution is 5.93. The van der Waals surface area contributed by atoms with Gasteiger partial charge in [0.1, 0.15) is 0 Å². The Morgan fingerprint density at radius 2 is 2.17 bits per heavy atom. The fourth-order valence-electron chi connectivity index (χ4n) is 2.10. The first-order chi connectivity index (χ1) is 8.75. The molecule has 1 heterocycles. The van der Waals surface area contributed by atoms with Crippen LogP contribution in [0.5, 0.6) is 0 Å². The Balaban J connectivity index is 1.68. The molecule has 0 spiro atoms. The summed E-state index contributed by atoms with van der Waals surface area (Å²) in [7, 11) is 0. The number of aromatic nitrogens is 1. The summed E-state index contributed by atoms with van der Waals surface area (Å²) in [5.41, 5.74) is 0.242. The minimum absolute atomic E-state index is 0.193. The van der Waals surface area contributed by atoms with Crippen LogP contribution in [-0.4, -0.2) is 30.1 Å². The van der Waals surface area contributed by atoms with Crippen molar-refractivity contribution in [2.45, 2.75) is 31.8 Å². The first-order valence-electron chi connectivity index (χ1n) is 6.34. The number of carbonyl (C=O) groups is 1. The predicted molar refractivity (Wildman–Crippen MR) is 67.6 cm³/mol. The number of amides is 1. The second-order valence-corrected chi connectivity index (χ2v) is 4.47. The molecule has 1 aromatic heterocycles.